The highest BCUT2D eigenvalue weighted by Gasteiger charge is 2.30. The summed E-state index contributed by atoms with van der Waals surface area (Å²) in [4.78, 5) is 32.8. The first kappa shape index (κ1) is 31.3. The molecule has 1 aliphatic carbocycles. The van der Waals surface area contributed by atoms with Gasteiger partial charge in [-0.2, -0.15) is 0 Å². The summed E-state index contributed by atoms with van der Waals surface area (Å²) in [6.45, 7) is 10.0. The molecule has 2 aliphatic rings. The highest BCUT2D eigenvalue weighted by molar-refractivity contribution is 5.94. The van der Waals surface area contributed by atoms with Crippen LogP contribution in [0.3, 0.4) is 0 Å². The summed E-state index contributed by atoms with van der Waals surface area (Å²) in [6.07, 6.45) is 3.48. The molecule has 0 bridgehead atoms. The van der Waals surface area contributed by atoms with E-state index in [1.165, 1.54) is 0 Å². The molecule has 2 N–H and O–H groups in total. The number of anilines is 1. The summed E-state index contributed by atoms with van der Waals surface area (Å²) in [5.74, 6) is 0.798. The lowest BCUT2D eigenvalue weighted by molar-refractivity contribution is -0.123. The van der Waals surface area contributed by atoms with Crippen LogP contribution in [0, 0.1) is 5.92 Å². The molecule has 1 saturated heterocycles. The number of carbonyl (C=O) groups excluding carboxylic acids is 2. The third kappa shape index (κ3) is 8.95. The summed E-state index contributed by atoms with van der Waals surface area (Å²) in [5.41, 5.74) is 12.8. The van der Waals surface area contributed by atoms with E-state index in [0.717, 1.165) is 80.0 Å². The van der Waals surface area contributed by atoms with Crippen LogP contribution in [-0.2, 0) is 29.1 Å². The van der Waals surface area contributed by atoms with Crippen molar-refractivity contribution in [2.75, 3.05) is 31.6 Å². The lowest BCUT2D eigenvalue weighted by atomic mass is 9.86. The summed E-state index contributed by atoms with van der Waals surface area (Å²) < 4.78 is 6.26. The predicted molar refractivity (Wildman–Crippen MR) is 165 cm³/mol. The number of rotatable bonds is 11. The minimum atomic E-state index is -0.0662. The van der Waals surface area contributed by atoms with Crippen molar-refractivity contribution in [3.05, 3.63) is 69.6 Å². The molecule has 0 spiro atoms. The van der Waals surface area contributed by atoms with Crippen LogP contribution >= 0.6 is 0 Å². The van der Waals surface area contributed by atoms with E-state index in [2.05, 4.69) is 38.5 Å². The molecule has 2 aromatic rings. The van der Waals surface area contributed by atoms with Crippen LogP contribution in [0.5, 0.6) is 5.75 Å². The van der Waals surface area contributed by atoms with E-state index in [1.54, 1.807) is 4.90 Å². The van der Waals surface area contributed by atoms with Gasteiger partial charge in [-0.25, -0.2) is 0 Å². The van der Waals surface area contributed by atoms with Crippen LogP contribution in [0.1, 0.15) is 63.1 Å². The number of piperazine rings is 1. The first-order chi connectivity index (χ1) is 20.2. The van der Waals surface area contributed by atoms with Gasteiger partial charge in [-0.3, -0.25) is 14.5 Å². The molecule has 2 amide bonds. The average Bonchev–Trinajstić information content (AvgIpc) is 2.96. The lowest BCUT2D eigenvalue weighted by Crippen LogP contribution is -2.48. The Morgan fingerprint density at radius 3 is 2.67 bits per heavy atom. The normalized spacial score (nSPS) is 20.9. The van der Waals surface area contributed by atoms with Gasteiger partial charge >= 0.3 is 0 Å². The Labute approximate surface area is 249 Å². The molecule has 0 aromatic heterocycles. The van der Waals surface area contributed by atoms with Crippen molar-refractivity contribution in [3.8, 4) is 5.75 Å². The summed E-state index contributed by atoms with van der Waals surface area (Å²) >= 11 is 0. The molecule has 0 radical (unpaired) electrons. The molecule has 2 aromatic carbocycles. The maximum absolute atomic E-state index is 13.5. The smallest absolute Gasteiger partial charge is 0.229 e. The predicted octanol–water partition coefficient (Wildman–Crippen LogP) is 4.96. The van der Waals surface area contributed by atoms with Gasteiger partial charge in [-0.05, 0) is 92.9 Å². The third-order valence-electron chi connectivity index (χ3n) is 8.10. The van der Waals surface area contributed by atoms with Crippen molar-refractivity contribution in [3.63, 3.8) is 0 Å². The molecule has 0 unspecified atom stereocenters. The number of benzene rings is 2. The van der Waals surface area contributed by atoms with Gasteiger partial charge in [-0.1, -0.05) is 23.3 Å². The minimum absolute atomic E-state index is 0.000901. The maximum atomic E-state index is 13.5. The van der Waals surface area contributed by atoms with Gasteiger partial charge in [0, 0.05) is 61.8 Å². The Morgan fingerprint density at radius 2 is 1.95 bits per heavy atom. The fourth-order valence-electron chi connectivity index (χ4n) is 5.94. The van der Waals surface area contributed by atoms with Gasteiger partial charge in [0.1, 0.15) is 5.75 Å². The zero-order chi connectivity index (χ0) is 30.1. The molecule has 226 valence electrons. The Kier molecular flexibility index (Phi) is 11.2. The van der Waals surface area contributed by atoms with Gasteiger partial charge in [0.25, 0.3) is 0 Å². The van der Waals surface area contributed by atoms with Gasteiger partial charge in [0.15, 0.2) is 0 Å². The van der Waals surface area contributed by atoms with E-state index in [9.17, 15) is 9.59 Å². The number of hydrogen-bond acceptors (Lipinski definition) is 6. The topological polar surface area (TPSA) is 123 Å². The van der Waals surface area contributed by atoms with Crippen LogP contribution in [0.2, 0.25) is 0 Å². The quantitative estimate of drug-likeness (QED) is 0.223. The van der Waals surface area contributed by atoms with Crippen LogP contribution in [-0.4, -0.2) is 61.6 Å². The average molecular weight is 576 g/mol. The van der Waals surface area contributed by atoms with Crippen LogP contribution in [0.4, 0.5) is 5.69 Å². The SMILES string of the molecule is CC(C)NC(=O)Cc1cccc(O[C@H]2CC[C@H](C(=O)N(C)c3ccc(CN4CCN[C@@H](C)C4)c(CN=[N+]=[N-])c3)CC2)c1. The van der Waals surface area contributed by atoms with Crippen molar-refractivity contribution in [2.24, 2.45) is 11.0 Å². The molecule has 42 heavy (non-hydrogen) atoms. The number of ether oxygens (including phenoxy) is 1. The number of azide groups is 1. The van der Waals surface area contributed by atoms with Crippen molar-refractivity contribution in [1.29, 1.82) is 0 Å². The van der Waals surface area contributed by atoms with Gasteiger partial charge in [0.05, 0.1) is 19.1 Å². The largest absolute Gasteiger partial charge is 0.490 e. The molecule has 1 saturated carbocycles. The van der Waals surface area contributed by atoms with Crippen LogP contribution < -0.4 is 20.3 Å². The fourth-order valence-corrected chi connectivity index (χ4v) is 5.94. The maximum Gasteiger partial charge on any atom is 0.229 e. The van der Waals surface area contributed by atoms with Gasteiger partial charge in [-0.15, -0.1) is 0 Å². The van der Waals surface area contributed by atoms with Crippen LogP contribution in [0.15, 0.2) is 47.6 Å². The second-order valence-corrected chi connectivity index (χ2v) is 12.0. The van der Waals surface area contributed by atoms with Gasteiger partial charge in [0.2, 0.25) is 11.8 Å². The standard InChI is InChI=1S/C32H45N7O3/c1-22(2)36-31(40)17-24-6-5-7-30(16-24)42-29-12-9-25(10-13-29)32(41)38(4)28-11-8-26(27(18-28)19-35-37-33)21-39-15-14-34-23(3)20-39/h5-8,11,16,18,22-23,25,29,34H,9-10,12-15,17,19-21H2,1-4H3,(H,36,40)/t23-,25-,29-/m0/s1. The van der Waals surface area contributed by atoms with Crippen molar-refractivity contribution in [2.45, 2.75) is 84.2 Å². The van der Waals surface area contributed by atoms with E-state index >= 15 is 0 Å². The molecule has 10 heteroatoms. The Hall–Kier alpha value is -3.59. The second kappa shape index (κ2) is 15.0. The molecule has 2 fully saturated rings. The minimum Gasteiger partial charge on any atom is -0.490 e. The van der Waals surface area contributed by atoms with E-state index in [4.69, 9.17) is 10.3 Å². The highest BCUT2D eigenvalue weighted by Crippen LogP contribution is 2.31. The molecule has 4 rings (SSSR count). The third-order valence-corrected chi connectivity index (χ3v) is 8.10. The first-order valence-electron chi connectivity index (χ1n) is 15.1. The molecular weight excluding hydrogens is 530 g/mol. The molecule has 1 atom stereocenters. The number of nitrogens with zero attached hydrogens (tertiary/aromatic N) is 5. The van der Waals surface area contributed by atoms with E-state index in [0.29, 0.717) is 12.5 Å². The van der Waals surface area contributed by atoms with Gasteiger partial charge < -0.3 is 20.3 Å². The summed E-state index contributed by atoms with van der Waals surface area (Å²) in [7, 11) is 1.83. The highest BCUT2D eigenvalue weighted by atomic mass is 16.5. The first-order valence-corrected chi connectivity index (χ1v) is 15.1. The van der Waals surface area contributed by atoms with E-state index in [1.807, 2.05) is 57.3 Å². The number of nitrogens with one attached hydrogen (secondary N) is 2. The van der Waals surface area contributed by atoms with Crippen LogP contribution in [0.25, 0.3) is 10.4 Å². The number of amides is 2. The Balaban J connectivity index is 1.33. The number of carbonyl (C=O) groups is 2. The monoisotopic (exact) mass is 575 g/mol. The lowest BCUT2D eigenvalue weighted by Gasteiger charge is -2.33. The molecule has 1 aliphatic heterocycles. The molecule has 1 heterocycles. The van der Waals surface area contributed by atoms with Crippen molar-refractivity contribution >= 4 is 17.5 Å². The number of hydrogen-bond donors (Lipinski definition) is 2. The molecule has 10 nitrogen and oxygen atoms in total. The fraction of sp³-hybridized carbons (Fsp3) is 0.562. The van der Waals surface area contributed by atoms with Crippen molar-refractivity contribution < 1.29 is 14.3 Å². The zero-order valence-corrected chi connectivity index (χ0v) is 25.4. The van der Waals surface area contributed by atoms with E-state index in [-0.39, 0.29) is 36.4 Å². The molecular formula is C32H45N7O3. The summed E-state index contributed by atoms with van der Waals surface area (Å²) in [6, 6.07) is 14.3. The summed E-state index contributed by atoms with van der Waals surface area (Å²) in [5, 5.41) is 10.2. The zero-order valence-electron chi connectivity index (χ0n) is 25.4. The van der Waals surface area contributed by atoms with Crippen molar-refractivity contribution in [1.82, 2.24) is 15.5 Å². The Morgan fingerprint density at radius 1 is 1.17 bits per heavy atom. The second-order valence-electron chi connectivity index (χ2n) is 12.0. The van der Waals surface area contributed by atoms with E-state index < -0.39 is 0 Å². The Bertz CT molecular complexity index is 1270.